The first-order valence-electron chi connectivity index (χ1n) is 4.26. The van der Waals surface area contributed by atoms with Crippen LogP contribution in [0.25, 0.3) is 0 Å². The van der Waals surface area contributed by atoms with Gasteiger partial charge in [-0.2, -0.15) is 0 Å². The first-order chi connectivity index (χ1) is 5.55. The van der Waals surface area contributed by atoms with Crippen molar-refractivity contribution in [2.75, 3.05) is 7.05 Å². The number of thiophene rings is 1. The van der Waals surface area contributed by atoms with E-state index in [1.165, 1.54) is 4.88 Å². The van der Waals surface area contributed by atoms with Gasteiger partial charge in [-0.3, -0.25) is 0 Å². The summed E-state index contributed by atoms with van der Waals surface area (Å²) in [6.07, 6.45) is 0. The summed E-state index contributed by atoms with van der Waals surface area (Å²) in [5, 5.41) is 5.49. The van der Waals surface area contributed by atoms with Crippen molar-refractivity contribution in [1.82, 2.24) is 5.32 Å². The third-order valence-electron chi connectivity index (χ3n) is 1.98. The summed E-state index contributed by atoms with van der Waals surface area (Å²) in [4.78, 5) is 1.42. The molecule has 68 valence electrons. The molecular formula is C10H17NS. The molecule has 0 aliphatic carbocycles. The Balaban J connectivity index is 2.84. The Morgan fingerprint density at radius 1 is 1.42 bits per heavy atom. The Morgan fingerprint density at radius 3 is 2.42 bits per heavy atom. The fourth-order valence-corrected chi connectivity index (χ4v) is 2.54. The van der Waals surface area contributed by atoms with Crippen LogP contribution in [0.5, 0.6) is 0 Å². The molecule has 1 atom stereocenters. The summed E-state index contributed by atoms with van der Waals surface area (Å²) >= 11 is 1.82. The number of hydrogen-bond acceptors (Lipinski definition) is 2. The molecule has 1 aromatic rings. The van der Waals surface area contributed by atoms with Crippen molar-refractivity contribution in [1.29, 1.82) is 0 Å². The van der Waals surface area contributed by atoms with E-state index in [2.05, 4.69) is 43.6 Å². The van der Waals surface area contributed by atoms with Crippen LogP contribution in [0.2, 0.25) is 0 Å². The maximum Gasteiger partial charge on any atom is 0.0461 e. The van der Waals surface area contributed by atoms with E-state index in [0.717, 1.165) is 0 Å². The van der Waals surface area contributed by atoms with E-state index in [1.54, 1.807) is 0 Å². The topological polar surface area (TPSA) is 12.0 Å². The SMILES string of the molecule is CNC(c1cccs1)C(C)(C)C. The second-order valence-corrected chi connectivity index (χ2v) is 5.08. The Bertz CT molecular complexity index is 220. The Morgan fingerprint density at radius 2 is 2.08 bits per heavy atom. The molecule has 2 heteroatoms. The van der Waals surface area contributed by atoms with Gasteiger partial charge in [0.1, 0.15) is 0 Å². The molecule has 1 aromatic heterocycles. The van der Waals surface area contributed by atoms with Crippen molar-refractivity contribution >= 4 is 11.3 Å². The van der Waals surface area contributed by atoms with Crippen LogP contribution < -0.4 is 5.32 Å². The highest BCUT2D eigenvalue weighted by atomic mass is 32.1. The molecule has 1 unspecified atom stereocenters. The quantitative estimate of drug-likeness (QED) is 0.743. The first-order valence-corrected chi connectivity index (χ1v) is 5.14. The minimum Gasteiger partial charge on any atom is -0.312 e. The molecule has 1 heterocycles. The predicted octanol–water partition coefficient (Wildman–Crippen LogP) is 3.05. The van der Waals surface area contributed by atoms with Gasteiger partial charge in [0.2, 0.25) is 0 Å². The zero-order valence-electron chi connectivity index (χ0n) is 8.22. The van der Waals surface area contributed by atoms with Gasteiger partial charge in [-0.1, -0.05) is 26.8 Å². The average Bonchev–Trinajstić information content (AvgIpc) is 2.38. The monoisotopic (exact) mass is 183 g/mol. The summed E-state index contributed by atoms with van der Waals surface area (Å²) in [6.45, 7) is 6.77. The van der Waals surface area contributed by atoms with Gasteiger partial charge in [-0.05, 0) is 23.9 Å². The molecule has 0 aliphatic heterocycles. The lowest BCUT2D eigenvalue weighted by Crippen LogP contribution is -2.28. The molecular weight excluding hydrogens is 166 g/mol. The van der Waals surface area contributed by atoms with Gasteiger partial charge < -0.3 is 5.32 Å². The molecule has 12 heavy (non-hydrogen) atoms. The zero-order valence-corrected chi connectivity index (χ0v) is 9.03. The Hall–Kier alpha value is -0.340. The molecule has 1 N–H and O–H groups in total. The molecule has 0 aliphatic rings. The standard InChI is InChI=1S/C10H17NS/c1-10(2,3)9(11-4)8-6-5-7-12-8/h5-7,9,11H,1-4H3. The van der Waals surface area contributed by atoms with Crippen LogP contribution in [0.3, 0.4) is 0 Å². The van der Waals surface area contributed by atoms with Gasteiger partial charge in [0.25, 0.3) is 0 Å². The number of hydrogen-bond donors (Lipinski definition) is 1. The van der Waals surface area contributed by atoms with Gasteiger partial charge >= 0.3 is 0 Å². The van der Waals surface area contributed by atoms with E-state index < -0.39 is 0 Å². The van der Waals surface area contributed by atoms with Gasteiger partial charge in [0.15, 0.2) is 0 Å². The Labute approximate surface area is 78.8 Å². The summed E-state index contributed by atoms with van der Waals surface area (Å²) < 4.78 is 0. The van der Waals surface area contributed by atoms with Crippen molar-refractivity contribution < 1.29 is 0 Å². The molecule has 1 nitrogen and oxygen atoms in total. The molecule has 0 aromatic carbocycles. The maximum absolute atomic E-state index is 3.35. The number of nitrogens with one attached hydrogen (secondary N) is 1. The highest BCUT2D eigenvalue weighted by molar-refractivity contribution is 7.10. The minimum absolute atomic E-state index is 0.291. The summed E-state index contributed by atoms with van der Waals surface area (Å²) in [6, 6.07) is 4.77. The van der Waals surface area contributed by atoms with Crippen molar-refractivity contribution in [3.63, 3.8) is 0 Å². The highest BCUT2D eigenvalue weighted by Crippen LogP contribution is 2.34. The smallest absolute Gasteiger partial charge is 0.0461 e. The normalized spacial score (nSPS) is 14.7. The molecule has 0 saturated carbocycles. The molecule has 0 radical (unpaired) electrons. The predicted molar refractivity (Wildman–Crippen MR) is 55.6 cm³/mol. The van der Waals surface area contributed by atoms with E-state index >= 15 is 0 Å². The first kappa shape index (κ1) is 9.75. The van der Waals surface area contributed by atoms with E-state index in [0.29, 0.717) is 11.5 Å². The van der Waals surface area contributed by atoms with E-state index in [9.17, 15) is 0 Å². The Kier molecular flexibility index (Phi) is 2.91. The molecule has 0 fully saturated rings. The van der Waals surface area contributed by atoms with E-state index in [-0.39, 0.29) is 0 Å². The molecule has 0 bridgehead atoms. The molecule has 0 saturated heterocycles. The maximum atomic E-state index is 3.35. The van der Waals surface area contributed by atoms with Crippen molar-refractivity contribution in [2.45, 2.75) is 26.8 Å². The second kappa shape index (κ2) is 3.58. The third kappa shape index (κ3) is 2.08. The lowest BCUT2D eigenvalue weighted by atomic mass is 9.86. The van der Waals surface area contributed by atoms with Crippen LogP contribution in [-0.2, 0) is 0 Å². The van der Waals surface area contributed by atoms with Crippen LogP contribution in [0.1, 0.15) is 31.7 Å². The van der Waals surface area contributed by atoms with Gasteiger partial charge in [-0.15, -0.1) is 11.3 Å². The lowest BCUT2D eigenvalue weighted by Gasteiger charge is -2.29. The number of rotatable bonds is 2. The fraction of sp³-hybridized carbons (Fsp3) is 0.600. The van der Waals surface area contributed by atoms with Crippen molar-refractivity contribution in [3.05, 3.63) is 22.4 Å². The van der Waals surface area contributed by atoms with Crippen molar-refractivity contribution in [3.8, 4) is 0 Å². The average molecular weight is 183 g/mol. The largest absolute Gasteiger partial charge is 0.312 e. The van der Waals surface area contributed by atoms with Gasteiger partial charge in [0.05, 0.1) is 0 Å². The zero-order chi connectivity index (χ0) is 9.19. The van der Waals surface area contributed by atoms with Crippen LogP contribution in [-0.4, -0.2) is 7.05 Å². The summed E-state index contributed by atoms with van der Waals surface area (Å²) in [5.41, 5.74) is 0.291. The van der Waals surface area contributed by atoms with Crippen LogP contribution in [0, 0.1) is 5.41 Å². The van der Waals surface area contributed by atoms with E-state index in [1.807, 2.05) is 18.4 Å². The minimum atomic E-state index is 0.291. The highest BCUT2D eigenvalue weighted by Gasteiger charge is 2.24. The fourth-order valence-electron chi connectivity index (χ4n) is 1.46. The lowest BCUT2D eigenvalue weighted by molar-refractivity contribution is 0.291. The summed E-state index contributed by atoms with van der Waals surface area (Å²) in [7, 11) is 2.02. The van der Waals surface area contributed by atoms with Crippen molar-refractivity contribution in [2.24, 2.45) is 5.41 Å². The molecule has 0 amide bonds. The van der Waals surface area contributed by atoms with Gasteiger partial charge in [0, 0.05) is 10.9 Å². The van der Waals surface area contributed by atoms with E-state index in [4.69, 9.17) is 0 Å². The second-order valence-electron chi connectivity index (χ2n) is 4.10. The molecule has 1 rings (SSSR count). The summed E-state index contributed by atoms with van der Waals surface area (Å²) in [5.74, 6) is 0. The third-order valence-corrected chi connectivity index (χ3v) is 2.92. The van der Waals surface area contributed by atoms with Gasteiger partial charge in [-0.25, -0.2) is 0 Å². The van der Waals surface area contributed by atoms with Crippen LogP contribution in [0.15, 0.2) is 17.5 Å². The van der Waals surface area contributed by atoms with Crippen LogP contribution >= 0.6 is 11.3 Å². The van der Waals surface area contributed by atoms with Crippen LogP contribution in [0.4, 0.5) is 0 Å². The molecule has 0 spiro atoms.